The number of carbonyl (C=O) groups is 1. The standard InChI is InChI=1S/C9H13NO3/c1-7(5-4-6-10-12)8(2)9(11)13-3/h4-6,10,12H,2H2,1,3H3/b6-4-,7-5-. The van der Waals surface area contributed by atoms with Gasteiger partial charge in [0.2, 0.25) is 0 Å². The summed E-state index contributed by atoms with van der Waals surface area (Å²) >= 11 is 0. The third-order valence-electron chi connectivity index (χ3n) is 1.42. The summed E-state index contributed by atoms with van der Waals surface area (Å²) in [7, 11) is 1.30. The van der Waals surface area contributed by atoms with E-state index < -0.39 is 5.97 Å². The van der Waals surface area contributed by atoms with Gasteiger partial charge < -0.3 is 4.74 Å². The van der Waals surface area contributed by atoms with Crippen molar-refractivity contribution in [2.45, 2.75) is 6.92 Å². The molecule has 4 nitrogen and oxygen atoms in total. The summed E-state index contributed by atoms with van der Waals surface area (Å²) < 4.78 is 4.47. The van der Waals surface area contributed by atoms with Gasteiger partial charge in [-0.25, -0.2) is 4.79 Å². The number of rotatable bonds is 4. The van der Waals surface area contributed by atoms with E-state index in [0.717, 1.165) is 0 Å². The van der Waals surface area contributed by atoms with E-state index in [0.29, 0.717) is 11.1 Å². The molecule has 0 fully saturated rings. The molecule has 2 N–H and O–H groups in total. The van der Waals surface area contributed by atoms with Gasteiger partial charge in [-0.05, 0) is 18.6 Å². The SMILES string of the molecule is C=C(C(=O)OC)/C(C)=C\C=C/NO. The van der Waals surface area contributed by atoms with Crippen molar-refractivity contribution in [2.24, 2.45) is 0 Å². The molecule has 72 valence electrons. The molecule has 4 heteroatoms. The lowest BCUT2D eigenvalue weighted by atomic mass is 10.1. The monoisotopic (exact) mass is 183 g/mol. The first-order chi connectivity index (χ1) is 6.13. The summed E-state index contributed by atoms with van der Waals surface area (Å²) in [5, 5.41) is 8.19. The molecule has 0 atom stereocenters. The Balaban J connectivity index is 4.33. The minimum Gasteiger partial charge on any atom is -0.465 e. The van der Waals surface area contributed by atoms with Crippen LogP contribution in [0.4, 0.5) is 0 Å². The highest BCUT2D eigenvalue weighted by Crippen LogP contribution is 2.07. The van der Waals surface area contributed by atoms with Crippen molar-refractivity contribution in [3.8, 4) is 0 Å². The van der Waals surface area contributed by atoms with Crippen LogP contribution in [0.25, 0.3) is 0 Å². The second-order valence-electron chi connectivity index (χ2n) is 2.31. The number of hydroxylamine groups is 1. The van der Waals surface area contributed by atoms with Gasteiger partial charge in [0.25, 0.3) is 0 Å². The molecule has 0 aromatic rings. The molecule has 0 heterocycles. The van der Waals surface area contributed by atoms with Gasteiger partial charge in [0.15, 0.2) is 0 Å². The quantitative estimate of drug-likeness (QED) is 0.297. The summed E-state index contributed by atoms with van der Waals surface area (Å²) in [6, 6.07) is 0. The van der Waals surface area contributed by atoms with Gasteiger partial charge in [-0.2, -0.15) is 0 Å². The van der Waals surface area contributed by atoms with Gasteiger partial charge in [-0.15, -0.1) is 0 Å². The fourth-order valence-electron chi connectivity index (χ4n) is 0.620. The summed E-state index contributed by atoms with van der Waals surface area (Å²) in [5.74, 6) is -0.459. The molecule has 0 saturated heterocycles. The van der Waals surface area contributed by atoms with E-state index in [1.165, 1.54) is 13.3 Å². The fourth-order valence-corrected chi connectivity index (χ4v) is 0.620. The minimum atomic E-state index is -0.459. The number of hydrogen-bond acceptors (Lipinski definition) is 4. The van der Waals surface area contributed by atoms with Gasteiger partial charge in [0.1, 0.15) is 0 Å². The van der Waals surface area contributed by atoms with Crippen LogP contribution in [0.5, 0.6) is 0 Å². The molecular formula is C9H13NO3. The van der Waals surface area contributed by atoms with Crippen molar-refractivity contribution in [3.05, 3.63) is 36.1 Å². The van der Waals surface area contributed by atoms with Gasteiger partial charge in [-0.3, -0.25) is 10.7 Å². The average Bonchev–Trinajstić information content (AvgIpc) is 2.15. The zero-order valence-corrected chi connectivity index (χ0v) is 7.70. The third kappa shape index (κ3) is 4.12. The van der Waals surface area contributed by atoms with Gasteiger partial charge in [0.05, 0.1) is 12.7 Å². The Morgan fingerprint density at radius 3 is 2.69 bits per heavy atom. The number of esters is 1. The van der Waals surface area contributed by atoms with Crippen LogP contribution in [0.2, 0.25) is 0 Å². The van der Waals surface area contributed by atoms with E-state index >= 15 is 0 Å². The highest BCUT2D eigenvalue weighted by Gasteiger charge is 2.06. The maximum Gasteiger partial charge on any atom is 0.337 e. The fraction of sp³-hybridized carbons (Fsp3) is 0.222. The maximum absolute atomic E-state index is 10.9. The molecule has 0 bridgehead atoms. The molecule has 13 heavy (non-hydrogen) atoms. The van der Waals surface area contributed by atoms with E-state index in [1.54, 1.807) is 19.1 Å². The Kier molecular flexibility index (Phi) is 5.30. The van der Waals surface area contributed by atoms with Gasteiger partial charge >= 0.3 is 5.97 Å². The molecule has 0 amide bonds. The first-order valence-electron chi connectivity index (χ1n) is 3.64. The molecule has 0 aliphatic carbocycles. The third-order valence-corrected chi connectivity index (χ3v) is 1.42. The van der Waals surface area contributed by atoms with E-state index in [1.807, 2.05) is 5.48 Å². The van der Waals surface area contributed by atoms with Crippen LogP contribution < -0.4 is 5.48 Å². The molecule has 0 radical (unpaired) electrons. The molecule has 0 rings (SSSR count). The maximum atomic E-state index is 10.9. The molecule has 0 aromatic heterocycles. The smallest absolute Gasteiger partial charge is 0.337 e. The summed E-state index contributed by atoms with van der Waals surface area (Å²) in [4.78, 5) is 10.9. The number of allylic oxidation sites excluding steroid dienone is 2. The number of hydrogen-bond donors (Lipinski definition) is 2. The lowest BCUT2D eigenvalue weighted by Gasteiger charge is -2.01. The Morgan fingerprint density at radius 2 is 2.23 bits per heavy atom. The number of ether oxygens (including phenoxy) is 1. The van der Waals surface area contributed by atoms with Crippen molar-refractivity contribution in [1.29, 1.82) is 0 Å². The first-order valence-corrected chi connectivity index (χ1v) is 3.64. The van der Waals surface area contributed by atoms with E-state index in [-0.39, 0.29) is 0 Å². The lowest BCUT2D eigenvalue weighted by molar-refractivity contribution is -0.135. The lowest BCUT2D eigenvalue weighted by Crippen LogP contribution is -2.04. The molecular weight excluding hydrogens is 170 g/mol. The van der Waals surface area contributed by atoms with Gasteiger partial charge in [0, 0.05) is 6.20 Å². The van der Waals surface area contributed by atoms with E-state index in [4.69, 9.17) is 5.21 Å². The van der Waals surface area contributed by atoms with Crippen molar-refractivity contribution in [1.82, 2.24) is 5.48 Å². The molecule has 0 aliphatic rings. The molecule has 0 aliphatic heterocycles. The zero-order chi connectivity index (χ0) is 10.3. The topological polar surface area (TPSA) is 58.6 Å². The van der Waals surface area contributed by atoms with E-state index in [9.17, 15) is 4.79 Å². The Labute approximate surface area is 77.2 Å². The highest BCUT2D eigenvalue weighted by atomic mass is 16.5. The van der Waals surface area contributed by atoms with Gasteiger partial charge in [-0.1, -0.05) is 12.7 Å². The number of methoxy groups -OCH3 is 1. The Hall–Kier alpha value is -1.55. The van der Waals surface area contributed by atoms with Crippen LogP contribution in [-0.2, 0) is 9.53 Å². The van der Waals surface area contributed by atoms with Crippen molar-refractivity contribution < 1.29 is 14.7 Å². The Morgan fingerprint density at radius 1 is 1.62 bits per heavy atom. The predicted octanol–water partition coefficient (Wildman–Crippen LogP) is 1.15. The normalized spacial score (nSPS) is 11.5. The molecule has 0 spiro atoms. The highest BCUT2D eigenvalue weighted by molar-refractivity contribution is 5.92. The molecule has 0 unspecified atom stereocenters. The number of carbonyl (C=O) groups excluding carboxylic acids is 1. The van der Waals surface area contributed by atoms with Crippen LogP contribution in [-0.4, -0.2) is 18.3 Å². The van der Waals surface area contributed by atoms with Crippen molar-refractivity contribution >= 4 is 5.97 Å². The summed E-state index contributed by atoms with van der Waals surface area (Å²) in [5.41, 5.74) is 2.81. The zero-order valence-electron chi connectivity index (χ0n) is 7.70. The largest absolute Gasteiger partial charge is 0.465 e. The second kappa shape index (κ2) is 6.02. The van der Waals surface area contributed by atoms with Crippen molar-refractivity contribution in [2.75, 3.05) is 7.11 Å². The first kappa shape index (κ1) is 11.4. The molecule has 0 aromatic carbocycles. The molecule has 0 saturated carbocycles. The Bertz CT molecular complexity index is 254. The van der Waals surface area contributed by atoms with Crippen LogP contribution >= 0.6 is 0 Å². The van der Waals surface area contributed by atoms with Crippen LogP contribution in [0.1, 0.15) is 6.92 Å². The van der Waals surface area contributed by atoms with Crippen molar-refractivity contribution in [3.63, 3.8) is 0 Å². The van der Waals surface area contributed by atoms with E-state index in [2.05, 4.69) is 11.3 Å². The predicted molar refractivity (Wildman–Crippen MR) is 49.0 cm³/mol. The van der Waals surface area contributed by atoms with Crippen LogP contribution in [0.15, 0.2) is 36.1 Å². The van der Waals surface area contributed by atoms with Crippen LogP contribution in [0, 0.1) is 0 Å². The minimum absolute atomic E-state index is 0.296. The second-order valence-corrected chi connectivity index (χ2v) is 2.31. The summed E-state index contributed by atoms with van der Waals surface area (Å²) in [6.07, 6.45) is 4.49. The average molecular weight is 183 g/mol. The van der Waals surface area contributed by atoms with Crippen LogP contribution in [0.3, 0.4) is 0 Å². The summed E-state index contributed by atoms with van der Waals surface area (Å²) in [6.45, 7) is 5.27. The number of nitrogens with one attached hydrogen (secondary N) is 1.